The molecule has 0 radical (unpaired) electrons. The van der Waals surface area contributed by atoms with Crippen LogP contribution in [-0.2, 0) is 0 Å². The minimum absolute atomic E-state index is 0.0379. The fraction of sp³-hybridized carbons (Fsp3) is 0.655. The van der Waals surface area contributed by atoms with Gasteiger partial charge in [-0.25, -0.2) is 14.7 Å². The third-order valence-electron chi connectivity index (χ3n) is 8.70. The number of carbonyl (C=O) groups excluding carboxylic acids is 1. The number of methoxy groups -OCH3 is 1. The van der Waals surface area contributed by atoms with E-state index in [1.807, 2.05) is 5.38 Å². The molecule has 202 valence electrons. The van der Waals surface area contributed by atoms with Gasteiger partial charge in [-0.3, -0.25) is 15.1 Å². The van der Waals surface area contributed by atoms with E-state index in [1.165, 1.54) is 68.4 Å². The van der Waals surface area contributed by atoms with Crippen LogP contribution in [0.1, 0.15) is 70.3 Å². The number of likely N-dealkylation sites (tertiary alicyclic amines) is 1. The van der Waals surface area contributed by atoms with E-state index in [-0.39, 0.29) is 6.03 Å². The maximum absolute atomic E-state index is 13.1. The monoisotopic (exact) mass is 526 g/mol. The normalized spacial score (nSPS) is 22.9. The lowest BCUT2D eigenvalue weighted by atomic mass is 9.83. The molecular weight excluding hydrogens is 482 g/mol. The van der Waals surface area contributed by atoms with Gasteiger partial charge in [0.2, 0.25) is 0 Å². The molecule has 1 aromatic heterocycles. The second-order valence-electron chi connectivity index (χ2n) is 11.3. The summed E-state index contributed by atoms with van der Waals surface area (Å²) in [6, 6.07) is 7.82. The zero-order chi connectivity index (χ0) is 25.8. The Kier molecular flexibility index (Phi) is 8.80. The maximum Gasteiger partial charge on any atom is 0.421 e. The number of anilines is 1. The highest BCUT2D eigenvalue weighted by Crippen LogP contribution is 2.38. The van der Waals surface area contributed by atoms with E-state index in [1.54, 1.807) is 7.11 Å². The van der Waals surface area contributed by atoms with Crippen LogP contribution >= 0.6 is 11.3 Å². The van der Waals surface area contributed by atoms with E-state index in [0.717, 1.165) is 54.6 Å². The fourth-order valence-electron chi connectivity index (χ4n) is 6.39. The molecule has 1 saturated carbocycles. The van der Waals surface area contributed by atoms with E-state index >= 15 is 0 Å². The Bertz CT molecular complexity index is 1040. The second kappa shape index (κ2) is 12.2. The van der Waals surface area contributed by atoms with E-state index in [9.17, 15) is 4.79 Å². The predicted molar refractivity (Wildman–Crippen MR) is 151 cm³/mol. The van der Waals surface area contributed by atoms with Crippen LogP contribution in [0.2, 0.25) is 0 Å². The third kappa shape index (κ3) is 6.36. The zero-order valence-corrected chi connectivity index (χ0v) is 23.6. The SMILES string of the molecule is COc1ccc(C2CCCCC2)cc1-c1csc(NC(=O)[NH+]2CCN(C3CCCN(C(C)C)C3)CC2)n1. The molecule has 37 heavy (non-hydrogen) atoms. The number of nitrogens with one attached hydrogen (secondary N) is 2. The largest absolute Gasteiger partial charge is 0.496 e. The summed E-state index contributed by atoms with van der Waals surface area (Å²) in [5.41, 5.74) is 3.28. The van der Waals surface area contributed by atoms with Crippen LogP contribution in [0.3, 0.4) is 0 Å². The lowest BCUT2D eigenvalue weighted by molar-refractivity contribution is -0.819. The molecule has 1 aliphatic carbocycles. The maximum atomic E-state index is 13.1. The standard InChI is InChI=1S/C29H43N5O2S/c1-21(2)34-13-7-10-24(19-34)32-14-16-33(17-15-32)29(35)31-28-30-26(20-37-28)25-18-23(11-12-27(25)36-3)22-8-5-4-6-9-22/h11-12,18,20-22,24H,4-10,13-17,19H2,1-3H3,(H,30,31,35)/p+1. The Balaban J connectivity index is 1.18. The molecule has 2 aromatic rings. The smallest absolute Gasteiger partial charge is 0.421 e. The summed E-state index contributed by atoms with van der Waals surface area (Å²) in [5, 5.41) is 5.80. The van der Waals surface area contributed by atoms with Crippen LogP contribution in [0.15, 0.2) is 23.6 Å². The molecule has 3 fully saturated rings. The lowest BCUT2D eigenvalue weighted by Gasteiger charge is -2.42. The molecule has 0 spiro atoms. The number of quaternary nitrogens is 1. The molecule has 2 amide bonds. The summed E-state index contributed by atoms with van der Waals surface area (Å²) in [6.45, 7) is 10.6. The molecule has 2 saturated heterocycles. The van der Waals surface area contributed by atoms with Gasteiger partial charge in [0.15, 0.2) is 5.13 Å². The number of urea groups is 1. The van der Waals surface area contributed by atoms with Gasteiger partial charge in [0.1, 0.15) is 5.75 Å². The van der Waals surface area contributed by atoms with Gasteiger partial charge in [-0.1, -0.05) is 25.3 Å². The molecule has 7 nitrogen and oxygen atoms in total. The quantitative estimate of drug-likeness (QED) is 0.582. The van der Waals surface area contributed by atoms with Crippen molar-refractivity contribution in [2.45, 2.75) is 76.8 Å². The number of aromatic nitrogens is 1. The van der Waals surface area contributed by atoms with Gasteiger partial charge in [-0.05, 0) is 69.7 Å². The van der Waals surface area contributed by atoms with Crippen LogP contribution in [0.4, 0.5) is 9.93 Å². The Morgan fingerprint density at radius 1 is 1.11 bits per heavy atom. The van der Waals surface area contributed by atoms with Crippen molar-refractivity contribution >= 4 is 22.5 Å². The number of hydrogen-bond acceptors (Lipinski definition) is 6. The number of thiazole rings is 1. The molecule has 1 atom stereocenters. The summed E-state index contributed by atoms with van der Waals surface area (Å²) in [5.74, 6) is 1.46. The van der Waals surface area contributed by atoms with Crippen LogP contribution in [0, 0.1) is 0 Å². The first-order chi connectivity index (χ1) is 18.0. The van der Waals surface area contributed by atoms with E-state index in [4.69, 9.17) is 9.72 Å². The van der Waals surface area contributed by atoms with Gasteiger partial charge >= 0.3 is 6.03 Å². The molecule has 3 heterocycles. The predicted octanol–water partition coefficient (Wildman–Crippen LogP) is 4.47. The van der Waals surface area contributed by atoms with Crippen molar-refractivity contribution in [1.29, 1.82) is 0 Å². The first kappa shape index (κ1) is 26.6. The van der Waals surface area contributed by atoms with E-state index < -0.39 is 0 Å². The number of ether oxygens (including phenoxy) is 1. The van der Waals surface area contributed by atoms with Crippen molar-refractivity contribution in [3.8, 4) is 17.0 Å². The summed E-state index contributed by atoms with van der Waals surface area (Å²) in [4.78, 5) is 24.1. The zero-order valence-electron chi connectivity index (χ0n) is 22.8. The number of piperidine rings is 1. The molecule has 2 aliphatic heterocycles. The van der Waals surface area contributed by atoms with Gasteiger partial charge in [0.25, 0.3) is 0 Å². The minimum atomic E-state index is 0.0379. The number of hydrogen-bond donors (Lipinski definition) is 2. The summed E-state index contributed by atoms with van der Waals surface area (Å²) in [7, 11) is 1.71. The van der Waals surface area contributed by atoms with Gasteiger partial charge < -0.3 is 4.74 Å². The molecule has 1 unspecified atom stereocenters. The summed E-state index contributed by atoms with van der Waals surface area (Å²) >= 11 is 1.50. The van der Waals surface area contributed by atoms with Gasteiger partial charge in [-0.15, -0.1) is 11.3 Å². The van der Waals surface area contributed by atoms with Crippen molar-refractivity contribution in [2.75, 3.05) is 51.7 Å². The average Bonchev–Trinajstić information content (AvgIpc) is 3.41. The topological polar surface area (TPSA) is 62.1 Å². The third-order valence-corrected chi connectivity index (χ3v) is 9.46. The number of amides is 2. The van der Waals surface area contributed by atoms with Gasteiger partial charge in [0.05, 0.1) is 25.9 Å². The van der Waals surface area contributed by atoms with Crippen LogP contribution < -0.4 is 15.0 Å². The molecule has 5 rings (SSSR count). The Labute approximate surface area is 226 Å². The van der Waals surface area contributed by atoms with Crippen molar-refractivity contribution in [3.63, 3.8) is 0 Å². The molecule has 2 N–H and O–H groups in total. The molecule has 1 aromatic carbocycles. The highest BCUT2D eigenvalue weighted by molar-refractivity contribution is 7.14. The van der Waals surface area contributed by atoms with E-state index in [2.05, 4.69) is 47.2 Å². The molecule has 0 bridgehead atoms. The Morgan fingerprint density at radius 2 is 1.89 bits per heavy atom. The van der Waals surface area contributed by atoms with E-state index in [0.29, 0.717) is 23.1 Å². The van der Waals surface area contributed by atoms with Gasteiger partial charge in [-0.2, -0.15) is 0 Å². The number of nitrogens with zero attached hydrogens (tertiary/aromatic N) is 3. The van der Waals surface area contributed by atoms with Gasteiger partial charge in [0, 0.05) is 42.7 Å². The molecule has 3 aliphatic rings. The Morgan fingerprint density at radius 3 is 2.62 bits per heavy atom. The summed E-state index contributed by atoms with van der Waals surface area (Å²) in [6.07, 6.45) is 9.05. The minimum Gasteiger partial charge on any atom is -0.496 e. The van der Waals surface area contributed by atoms with Crippen LogP contribution in [-0.4, -0.2) is 79.3 Å². The lowest BCUT2D eigenvalue weighted by Crippen LogP contribution is -3.18. The highest BCUT2D eigenvalue weighted by atomic mass is 32.1. The van der Waals surface area contributed by atoms with Crippen LogP contribution in [0.5, 0.6) is 5.75 Å². The Hall–Kier alpha value is -2.00. The van der Waals surface area contributed by atoms with Crippen molar-refractivity contribution in [1.82, 2.24) is 14.8 Å². The fourth-order valence-corrected chi connectivity index (χ4v) is 7.10. The first-order valence-electron chi connectivity index (χ1n) is 14.3. The number of rotatable bonds is 6. The van der Waals surface area contributed by atoms with Crippen molar-refractivity contribution < 1.29 is 14.4 Å². The molecular formula is C29H44N5O2S+. The number of piperazine rings is 1. The van der Waals surface area contributed by atoms with Crippen molar-refractivity contribution in [2.24, 2.45) is 0 Å². The van der Waals surface area contributed by atoms with Crippen molar-refractivity contribution in [3.05, 3.63) is 29.1 Å². The van der Waals surface area contributed by atoms with Crippen LogP contribution in [0.25, 0.3) is 11.3 Å². The average molecular weight is 527 g/mol. The highest BCUT2D eigenvalue weighted by Gasteiger charge is 2.33. The molecule has 8 heteroatoms. The second-order valence-corrected chi connectivity index (χ2v) is 12.2. The summed E-state index contributed by atoms with van der Waals surface area (Å²) < 4.78 is 5.67. The number of carbonyl (C=O) groups is 1. The first-order valence-corrected chi connectivity index (χ1v) is 15.2. The number of benzene rings is 1.